The Morgan fingerprint density at radius 2 is 2.27 bits per heavy atom. The Bertz CT molecular complexity index is 398. The number of aromatic hydroxyl groups is 1. The quantitative estimate of drug-likeness (QED) is 0.625. The second-order valence-corrected chi connectivity index (χ2v) is 2.49. The molecule has 0 spiro atoms. The minimum absolute atomic E-state index is 0.136. The first kappa shape index (κ1) is 6.42. The van der Waals surface area contributed by atoms with Crippen LogP contribution in [0.4, 0.5) is 0 Å². The number of H-pyrrole nitrogens is 1. The van der Waals surface area contributed by atoms with Crippen LogP contribution in [0, 0.1) is 0 Å². The molecule has 2 aromatic heterocycles. The zero-order valence-corrected chi connectivity index (χ0v) is 6.13. The molecule has 0 amide bonds. The summed E-state index contributed by atoms with van der Waals surface area (Å²) >= 11 is 5.55. The Morgan fingerprint density at radius 1 is 1.45 bits per heavy atom. The molecule has 2 N–H and O–H groups in total. The number of nitrogens with zero attached hydrogens (tertiary/aromatic N) is 2. The Balaban J connectivity index is 2.87. The molecule has 2 rings (SSSR count). The van der Waals surface area contributed by atoms with E-state index >= 15 is 0 Å². The standard InChI is InChI=1S/C6H4ClN3O/c7-5-1-3-4(11)2-8-6(3)10-9-5/h1-2,11H,(H,8,10). The lowest BCUT2D eigenvalue weighted by atomic mass is 10.4. The van der Waals surface area contributed by atoms with Crippen LogP contribution < -0.4 is 0 Å². The molecule has 56 valence electrons. The molecule has 0 saturated carbocycles. The lowest BCUT2D eigenvalue weighted by molar-refractivity contribution is 0.481. The van der Waals surface area contributed by atoms with Crippen molar-refractivity contribution in [1.29, 1.82) is 0 Å². The predicted octanol–water partition coefficient (Wildman–Crippen LogP) is 1.32. The van der Waals surface area contributed by atoms with E-state index < -0.39 is 0 Å². The summed E-state index contributed by atoms with van der Waals surface area (Å²) < 4.78 is 0. The number of hydrogen-bond donors (Lipinski definition) is 2. The van der Waals surface area contributed by atoms with Crippen molar-refractivity contribution in [3.63, 3.8) is 0 Å². The lowest BCUT2D eigenvalue weighted by Gasteiger charge is -1.88. The number of nitrogens with one attached hydrogen (secondary N) is 1. The van der Waals surface area contributed by atoms with E-state index in [2.05, 4.69) is 15.2 Å². The third-order valence-corrected chi connectivity index (χ3v) is 1.57. The predicted molar refractivity (Wildman–Crippen MR) is 40.6 cm³/mol. The molecular weight excluding hydrogens is 166 g/mol. The van der Waals surface area contributed by atoms with Gasteiger partial charge in [-0.25, -0.2) is 0 Å². The van der Waals surface area contributed by atoms with Crippen molar-refractivity contribution in [3.8, 4) is 5.75 Å². The van der Waals surface area contributed by atoms with Crippen molar-refractivity contribution >= 4 is 22.6 Å². The minimum atomic E-state index is 0.136. The number of rotatable bonds is 0. The molecule has 0 atom stereocenters. The summed E-state index contributed by atoms with van der Waals surface area (Å²) in [5.74, 6) is 0.136. The molecule has 11 heavy (non-hydrogen) atoms. The van der Waals surface area contributed by atoms with Crippen molar-refractivity contribution in [1.82, 2.24) is 15.2 Å². The van der Waals surface area contributed by atoms with Crippen LogP contribution in [-0.4, -0.2) is 20.3 Å². The van der Waals surface area contributed by atoms with Crippen molar-refractivity contribution in [3.05, 3.63) is 17.4 Å². The van der Waals surface area contributed by atoms with Crippen LogP contribution in [0.1, 0.15) is 0 Å². The van der Waals surface area contributed by atoms with Gasteiger partial charge in [-0.3, -0.25) is 0 Å². The minimum Gasteiger partial charge on any atom is -0.506 e. The van der Waals surface area contributed by atoms with E-state index in [4.69, 9.17) is 11.6 Å². The molecule has 0 saturated heterocycles. The third kappa shape index (κ3) is 0.914. The average Bonchev–Trinajstić information content (AvgIpc) is 2.33. The first-order valence-electron chi connectivity index (χ1n) is 2.96. The number of halogens is 1. The van der Waals surface area contributed by atoms with Gasteiger partial charge in [0, 0.05) is 6.20 Å². The molecule has 5 heteroatoms. The number of fused-ring (bicyclic) bond motifs is 1. The summed E-state index contributed by atoms with van der Waals surface area (Å²) in [7, 11) is 0. The van der Waals surface area contributed by atoms with Gasteiger partial charge in [0.1, 0.15) is 5.75 Å². The van der Waals surface area contributed by atoms with Gasteiger partial charge >= 0.3 is 0 Å². The highest BCUT2D eigenvalue weighted by Gasteiger charge is 2.03. The highest BCUT2D eigenvalue weighted by atomic mass is 35.5. The van der Waals surface area contributed by atoms with Crippen LogP contribution in [0.3, 0.4) is 0 Å². The molecule has 4 nitrogen and oxygen atoms in total. The van der Waals surface area contributed by atoms with Crippen molar-refractivity contribution in [2.24, 2.45) is 0 Å². The van der Waals surface area contributed by atoms with Gasteiger partial charge in [-0.15, -0.1) is 10.2 Å². The third-order valence-electron chi connectivity index (χ3n) is 1.39. The highest BCUT2D eigenvalue weighted by Crippen LogP contribution is 2.23. The first-order valence-corrected chi connectivity index (χ1v) is 3.34. The number of aromatic amines is 1. The van der Waals surface area contributed by atoms with Crippen LogP contribution >= 0.6 is 11.6 Å². The van der Waals surface area contributed by atoms with E-state index in [0.717, 1.165) is 0 Å². The summed E-state index contributed by atoms with van der Waals surface area (Å²) in [5.41, 5.74) is 0.534. The molecule has 0 radical (unpaired) electrons. The normalized spacial score (nSPS) is 10.6. The molecule has 0 fully saturated rings. The second-order valence-electron chi connectivity index (χ2n) is 2.10. The van der Waals surface area contributed by atoms with Gasteiger partial charge in [-0.2, -0.15) is 0 Å². The molecule has 2 heterocycles. The van der Waals surface area contributed by atoms with Gasteiger partial charge < -0.3 is 10.1 Å². The summed E-state index contributed by atoms with van der Waals surface area (Å²) in [6.45, 7) is 0. The summed E-state index contributed by atoms with van der Waals surface area (Å²) in [6.07, 6.45) is 1.44. The van der Waals surface area contributed by atoms with E-state index in [9.17, 15) is 5.11 Å². The van der Waals surface area contributed by atoms with Crippen molar-refractivity contribution in [2.45, 2.75) is 0 Å². The Kier molecular flexibility index (Phi) is 1.22. The summed E-state index contributed by atoms with van der Waals surface area (Å²) in [5, 5.41) is 17.3. The van der Waals surface area contributed by atoms with E-state index in [1.54, 1.807) is 6.07 Å². The first-order chi connectivity index (χ1) is 5.27. The van der Waals surface area contributed by atoms with Crippen molar-refractivity contribution in [2.75, 3.05) is 0 Å². The average molecular weight is 170 g/mol. The number of hydrogen-bond acceptors (Lipinski definition) is 3. The van der Waals surface area contributed by atoms with Crippen LogP contribution in [0.2, 0.25) is 5.15 Å². The molecule has 0 aromatic carbocycles. The van der Waals surface area contributed by atoms with Gasteiger partial charge in [0.2, 0.25) is 0 Å². The molecule has 0 aliphatic rings. The Labute approximate surface area is 66.8 Å². The van der Waals surface area contributed by atoms with Crippen LogP contribution in [-0.2, 0) is 0 Å². The molecule has 0 aliphatic carbocycles. The van der Waals surface area contributed by atoms with E-state index in [1.807, 2.05) is 0 Å². The molecular formula is C6H4ClN3O. The fourth-order valence-corrected chi connectivity index (χ4v) is 1.03. The van der Waals surface area contributed by atoms with Crippen molar-refractivity contribution < 1.29 is 5.11 Å². The van der Waals surface area contributed by atoms with E-state index in [-0.39, 0.29) is 10.9 Å². The molecule has 0 bridgehead atoms. The Hall–Kier alpha value is -1.29. The van der Waals surface area contributed by atoms with Gasteiger partial charge in [0.25, 0.3) is 0 Å². The molecule has 2 aromatic rings. The zero-order chi connectivity index (χ0) is 7.84. The van der Waals surface area contributed by atoms with Gasteiger partial charge in [0.05, 0.1) is 5.39 Å². The van der Waals surface area contributed by atoms with Crippen LogP contribution in [0.5, 0.6) is 5.75 Å². The maximum atomic E-state index is 9.18. The Morgan fingerprint density at radius 3 is 3.09 bits per heavy atom. The highest BCUT2D eigenvalue weighted by molar-refractivity contribution is 6.29. The zero-order valence-electron chi connectivity index (χ0n) is 5.37. The topological polar surface area (TPSA) is 61.8 Å². The van der Waals surface area contributed by atoms with E-state index in [1.165, 1.54) is 6.20 Å². The largest absolute Gasteiger partial charge is 0.506 e. The summed E-state index contributed by atoms with van der Waals surface area (Å²) in [4.78, 5) is 2.73. The maximum absolute atomic E-state index is 9.18. The molecule has 0 aliphatic heterocycles. The number of aromatic nitrogens is 3. The van der Waals surface area contributed by atoms with Gasteiger partial charge in [-0.1, -0.05) is 11.6 Å². The molecule has 0 unspecified atom stereocenters. The summed E-state index contributed by atoms with van der Waals surface area (Å²) in [6, 6.07) is 1.55. The lowest BCUT2D eigenvalue weighted by Crippen LogP contribution is -1.81. The fourth-order valence-electron chi connectivity index (χ4n) is 0.884. The second kappa shape index (κ2) is 2.10. The monoisotopic (exact) mass is 169 g/mol. The smallest absolute Gasteiger partial charge is 0.163 e. The SMILES string of the molecule is Oc1c[nH]c2nnc(Cl)cc12. The van der Waals surface area contributed by atoms with Crippen LogP contribution in [0.15, 0.2) is 12.3 Å². The van der Waals surface area contributed by atoms with Crippen LogP contribution in [0.25, 0.3) is 11.0 Å². The fraction of sp³-hybridized carbons (Fsp3) is 0. The van der Waals surface area contributed by atoms with E-state index in [0.29, 0.717) is 11.0 Å². The maximum Gasteiger partial charge on any atom is 0.163 e. The van der Waals surface area contributed by atoms with Gasteiger partial charge in [0.15, 0.2) is 10.8 Å². The van der Waals surface area contributed by atoms with Gasteiger partial charge in [-0.05, 0) is 6.07 Å².